The molecule has 0 aromatic heterocycles. The van der Waals surface area contributed by atoms with Gasteiger partial charge < -0.3 is 9.69 Å². The van der Waals surface area contributed by atoms with Crippen molar-refractivity contribution in [2.24, 2.45) is 5.92 Å². The third kappa shape index (κ3) is 1.98. The molecular formula is C13H17NO2. The molecule has 16 heavy (non-hydrogen) atoms. The summed E-state index contributed by atoms with van der Waals surface area (Å²) in [6, 6.07) is -0.375. The molecule has 1 aliphatic heterocycles. The molecule has 0 fully saturated rings. The Bertz CT molecular complexity index is 366. The Kier molecular flexibility index (Phi) is 3.82. The first-order valence-corrected chi connectivity index (χ1v) is 5.31. The largest absolute Gasteiger partial charge is 0.324 e. The molecule has 0 bridgehead atoms. The van der Waals surface area contributed by atoms with E-state index >= 15 is 0 Å². The third-order valence-electron chi connectivity index (χ3n) is 2.81. The number of aldehydes is 1. The van der Waals surface area contributed by atoms with Gasteiger partial charge in [-0.1, -0.05) is 39.2 Å². The van der Waals surface area contributed by atoms with E-state index in [-0.39, 0.29) is 17.9 Å². The highest BCUT2D eigenvalue weighted by molar-refractivity contribution is 6.01. The van der Waals surface area contributed by atoms with Gasteiger partial charge in [0.15, 0.2) is 0 Å². The van der Waals surface area contributed by atoms with Crippen molar-refractivity contribution in [2.45, 2.75) is 19.9 Å². The summed E-state index contributed by atoms with van der Waals surface area (Å²) >= 11 is 0. The van der Waals surface area contributed by atoms with Gasteiger partial charge >= 0.3 is 0 Å². The van der Waals surface area contributed by atoms with Crippen LogP contribution in [0.3, 0.4) is 0 Å². The number of carbonyl (C=O) groups excluding carboxylic acids is 2. The zero-order valence-corrected chi connectivity index (χ0v) is 9.77. The molecule has 0 saturated heterocycles. The SMILES string of the molecule is C=CC1=C(C=C)C(=O)N(C(C=O)C(C)C)C1. The maximum Gasteiger partial charge on any atom is 0.255 e. The molecule has 86 valence electrons. The van der Waals surface area contributed by atoms with Crippen molar-refractivity contribution < 1.29 is 9.59 Å². The van der Waals surface area contributed by atoms with Gasteiger partial charge in [-0.3, -0.25) is 4.79 Å². The van der Waals surface area contributed by atoms with Crippen molar-refractivity contribution in [1.29, 1.82) is 0 Å². The van der Waals surface area contributed by atoms with Gasteiger partial charge in [0.05, 0.1) is 6.04 Å². The second kappa shape index (κ2) is 4.92. The summed E-state index contributed by atoms with van der Waals surface area (Å²) in [4.78, 5) is 24.6. The predicted molar refractivity (Wildman–Crippen MR) is 63.8 cm³/mol. The van der Waals surface area contributed by atoms with Gasteiger partial charge in [-0.15, -0.1) is 0 Å². The van der Waals surface area contributed by atoms with Crippen molar-refractivity contribution >= 4 is 12.2 Å². The highest BCUT2D eigenvalue weighted by Crippen LogP contribution is 2.24. The fourth-order valence-electron chi connectivity index (χ4n) is 1.86. The highest BCUT2D eigenvalue weighted by atomic mass is 16.2. The van der Waals surface area contributed by atoms with Crippen molar-refractivity contribution in [3.05, 3.63) is 36.5 Å². The van der Waals surface area contributed by atoms with Crippen LogP contribution >= 0.6 is 0 Å². The summed E-state index contributed by atoms with van der Waals surface area (Å²) < 4.78 is 0. The lowest BCUT2D eigenvalue weighted by molar-refractivity contribution is -0.132. The molecule has 0 spiro atoms. The van der Waals surface area contributed by atoms with E-state index in [9.17, 15) is 9.59 Å². The number of hydrogen-bond donors (Lipinski definition) is 0. The molecule has 1 aliphatic rings. The second-order valence-electron chi connectivity index (χ2n) is 4.15. The van der Waals surface area contributed by atoms with Crippen LogP contribution in [0.15, 0.2) is 36.5 Å². The van der Waals surface area contributed by atoms with E-state index in [1.54, 1.807) is 11.0 Å². The smallest absolute Gasteiger partial charge is 0.255 e. The van der Waals surface area contributed by atoms with Gasteiger partial charge in [-0.25, -0.2) is 0 Å². The minimum absolute atomic E-state index is 0.108. The Labute approximate surface area is 96.1 Å². The fraction of sp³-hybridized carbons (Fsp3) is 0.385. The summed E-state index contributed by atoms with van der Waals surface area (Å²) in [5.41, 5.74) is 1.40. The second-order valence-corrected chi connectivity index (χ2v) is 4.15. The van der Waals surface area contributed by atoms with E-state index < -0.39 is 0 Å². The van der Waals surface area contributed by atoms with Crippen LogP contribution < -0.4 is 0 Å². The minimum atomic E-state index is -0.375. The number of amides is 1. The number of carbonyl (C=O) groups is 2. The fourth-order valence-corrected chi connectivity index (χ4v) is 1.86. The van der Waals surface area contributed by atoms with Crippen molar-refractivity contribution in [1.82, 2.24) is 4.90 Å². The average Bonchev–Trinajstić information content (AvgIpc) is 2.56. The molecule has 1 heterocycles. The molecule has 1 unspecified atom stereocenters. The summed E-state index contributed by atoms with van der Waals surface area (Å²) in [6.45, 7) is 11.6. The van der Waals surface area contributed by atoms with Crippen molar-refractivity contribution in [3.63, 3.8) is 0 Å². The van der Waals surface area contributed by atoms with E-state index in [4.69, 9.17) is 0 Å². The molecule has 0 aromatic rings. The normalized spacial score (nSPS) is 17.9. The molecule has 0 radical (unpaired) electrons. The summed E-state index contributed by atoms with van der Waals surface area (Å²) in [6.07, 6.45) is 4.01. The molecule has 0 N–H and O–H groups in total. The van der Waals surface area contributed by atoms with Gasteiger partial charge in [0.2, 0.25) is 0 Å². The van der Waals surface area contributed by atoms with E-state index in [0.29, 0.717) is 12.1 Å². The first-order valence-electron chi connectivity index (χ1n) is 5.31. The van der Waals surface area contributed by atoms with Gasteiger partial charge in [-0.05, 0) is 11.5 Å². The standard InChI is InChI=1S/C13H17NO2/c1-5-10-7-14(12(8-15)9(3)4)13(16)11(10)6-2/h5-6,8-9,12H,1-2,7H2,3-4H3. The molecule has 0 aliphatic carbocycles. The molecule has 3 nitrogen and oxygen atoms in total. The molecule has 3 heteroatoms. The molecule has 1 atom stereocenters. The number of rotatable bonds is 5. The monoisotopic (exact) mass is 219 g/mol. The van der Waals surface area contributed by atoms with Gasteiger partial charge in [0.1, 0.15) is 6.29 Å². The Morgan fingerprint density at radius 3 is 2.25 bits per heavy atom. The van der Waals surface area contributed by atoms with E-state index in [1.165, 1.54) is 6.08 Å². The Hall–Kier alpha value is -1.64. The zero-order valence-electron chi connectivity index (χ0n) is 9.77. The molecule has 0 aromatic carbocycles. The van der Waals surface area contributed by atoms with Crippen LogP contribution in [0.5, 0.6) is 0 Å². The Balaban J connectivity index is 3.00. The maximum absolute atomic E-state index is 12.0. The number of hydrogen-bond acceptors (Lipinski definition) is 2. The van der Waals surface area contributed by atoms with Gasteiger partial charge in [0, 0.05) is 12.1 Å². The first-order chi connectivity index (χ1) is 7.56. The van der Waals surface area contributed by atoms with Crippen LogP contribution in [0, 0.1) is 5.92 Å². The first kappa shape index (κ1) is 12.4. The van der Waals surface area contributed by atoms with E-state index in [2.05, 4.69) is 13.2 Å². The van der Waals surface area contributed by atoms with Gasteiger partial charge in [0.25, 0.3) is 5.91 Å². The third-order valence-corrected chi connectivity index (χ3v) is 2.81. The molecular weight excluding hydrogens is 202 g/mol. The maximum atomic E-state index is 12.0. The Morgan fingerprint density at radius 2 is 1.94 bits per heavy atom. The van der Waals surface area contributed by atoms with Crippen LogP contribution in [0.4, 0.5) is 0 Å². The van der Waals surface area contributed by atoms with Crippen LogP contribution in [-0.4, -0.2) is 29.7 Å². The van der Waals surface area contributed by atoms with Crippen LogP contribution in [-0.2, 0) is 9.59 Å². The minimum Gasteiger partial charge on any atom is -0.324 e. The summed E-state index contributed by atoms with van der Waals surface area (Å²) in [7, 11) is 0. The van der Waals surface area contributed by atoms with E-state index in [0.717, 1.165) is 11.9 Å². The quantitative estimate of drug-likeness (QED) is 0.660. The summed E-state index contributed by atoms with van der Waals surface area (Å²) in [5, 5.41) is 0. The zero-order chi connectivity index (χ0) is 12.3. The van der Waals surface area contributed by atoms with Crippen LogP contribution in [0.1, 0.15) is 13.8 Å². The number of nitrogens with zero attached hydrogens (tertiary/aromatic N) is 1. The van der Waals surface area contributed by atoms with E-state index in [1.807, 2.05) is 13.8 Å². The summed E-state index contributed by atoms with van der Waals surface area (Å²) in [5.74, 6) is -0.0209. The lowest BCUT2D eigenvalue weighted by atomic mass is 10.0. The average molecular weight is 219 g/mol. The van der Waals surface area contributed by atoms with Crippen molar-refractivity contribution in [2.75, 3.05) is 6.54 Å². The topological polar surface area (TPSA) is 37.4 Å². The molecule has 1 amide bonds. The lowest BCUT2D eigenvalue weighted by Crippen LogP contribution is -2.42. The highest BCUT2D eigenvalue weighted by Gasteiger charge is 2.33. The lowest BCUT2D eigenvalue weighted by Gasteiger charge is -2.26. The van der Waals surface area contributed by atoms with Crippen molar-refractivity contribution in [3.8, 4) is 0 Å². The predicted octanol–water partition coefficient (Wildman–Crippen LogP) is 1.72. The molecule has 1 rings (SSSR count). The molecule has 0 saturated carbocycles. The van der Waals surface area contributed by atoms with Crippen LogP contribution in [0.2, 0.25) is 0 Å². The van der Waals surface area contributed by atoms with Gasteiger partial charge in [-0.2, -0.15) is 0 Å². The Morgan fingerprint density at radius 1 is 1.31 bits per heavy atom. The van der Waals surface area contributed by atoms with Crippen LogP contribution in [0.25, 0.3) is 0 Å².